The van der Waals surface area contributed by atoms with Gasteiger partial charge in [0.1, 0.15) is 25.2 Å². The summed E-state index contributed by atoms with van der Waals surface area (Å²) in [4.78, 5) is 16.7. The fourth-order valence-corrected chi connectivity index (χ4v) is 2.16. The highest BCUT2D eigenvalue weighted by Gasteiger charge is 2.30. The molecule has 2 rings (SSSR count). The molecule has 2 aromatic carbocycles. The number of rotatable bonds is 7. The number of halogens is 3. The molecule has 0 bridgehead atoms. The molecule has 0 aliphatic heterocycles. The lowest BCUT2D eigenvalue weighted by Gasteiger charge is -2.13. The summed E-state index contributed by atoms with van der Waals surface area (Å²) in [6.45, 7) is 1.65. The highest BCUT2D eigenvalue weighted by Crippen LogP contribution is 2.31. The summed E-state index contributed by atoms with van der Waals surface area (Å²) in [7, 11) is 1.32. The molecular formula is C19H18F3NO4. The maximum Gasteiger partial charge on any atom is 0.416 e. The van der Waals surface area contributed by atoms with E-state index < -0.39 is 17.7 Å². The summed E-state index contributed by atoms with van der Waals surface area (Å²) in [6, 6.07) is 11.1. The zero-order valence-electron chi connectivity index (χ0n) is 14.7. The third-order valence-corrected chi connectivity index (χ3v) is 3.50. The van der Waals surface area contributed by atoms with E-state index in [1.54, 1.807) is 31.2 Å². The van der Waals surface area contributed by atoms with Gasteiger partial charge in [0, 0.05) is 5.56 Å². The van der Waals surface area contributed by atoms with E-state index >= 15 is 0 Å². The molecule has 0 saturated heterocycles. The molecule has 0 spiro atoms. The van der Waals surface area contributed by atoms with Crippen LogP contribution in [0.3, 0.4) is 0 Å². The van der Waals surface area contributed by atoms with Crippen LogP contribution in [0, 0.1) is 0 Å². The molecule has 0 atom stereocenters. The molecule has 0 saturated carbocycles. The number of oxime groups is 1. The molecule has 0 aliphatic rings. The van der Waals surface area contributed by atoms with Crippen LogP contribution in [0.5, 0.6) is 11.5 Å². The second-order valence-corrected chi connectivity index (χ2v) is 5.39. The van der Waals surface area contributed by atoms with Crippen molar-refractivity contribution in [1.29, 1.82) is 0 Å². The number of hydrogen-bond acceptors (Lipinski definition) is 5. The van der Waals surface area contributed by atoms with Crippen LogP contribution in [0.15, 0.2) is 53.7 Å². The minimum atomic E-state index is -4.45. The molecule has 0 radical (unpaired) electrons. The standard InChI is InChI=1S/C19H18F3NO4/c1-3-16(23-25-2)18(24)27-17-10-5-4-7-13(17)12-26-15-9-6-8-14(11-15)19(20,21)22/h4-11H,3,12H2,1-2H3. The lowest BCUT2D eigenvalue weighted by molar-refractivity contribution is -0.137. The molecule has 0 unspecified atom stereocenters. The Kier molecular flexibility index (Phi) is 6.81. The molecule has 0 aromatic heterocycles. The van der Waals surface area contributed by atoms with Crippen LogP contribution in [0.25, 0.3) is 0 Å². The largest absolute Gasteiger partial charge is 0.489 e. The maximum atomic E-state index is 12.8. The predicted octanol–water partition coefficient (Wildman–Crippen LogP) is 4.60. The van der Waals surface area contributed by atoms with E-state index in [0.29, 0.717) is 12.0 Å². The normalized spacial score (nSPS) is 11.8. The Morgan fingerprint density at radius 3 is 2.52 bits per heavy atom. The monoisotopic (exact) mass is 381 g/mol. The van der Waals surface area contributed by atoms with E-state index in [0.717, 1.165) is 12.1 Å². The van der Waals surface area contributed by atoms with Crippen LogP contribution in [-0.2, 0) is 22.4 Å². The van der Waals surface area contributed by atoms with Gasteiger partial charge < -0.3 is 14.3 Å². The van der Waals surface area contributed by atoms with Gasteiger partial charge in [0.05, 0.1) is 5.56 Å². The van der Waals surface area contributed by atoms with Gasteiger partial charge in [0.15, 0.2) is 5.71 Å². The Balaban J connectivity index is 2.13. The van der Waals surface area contributed by atoms with Crippen molar-refractivity contribution >= 4 is 11.7 Å². The quantitative estimate of drug-likeness (QED) is 0.304. The number of esters is 1. The second kappa shape index (κ2) is 9.07. The molecular weight excluding hydrogens is 363 g/mol. The van der Waals surface area contributed by atoms with Gasteiger partial charge in [-0.2, -0.15) is 13.2 Å². The van der Waals surface area contributed by atoms with E-state index in [4.69, 9.17) is 9.47 Å². The molecule has 27 heavy (non-hydrogen) atoms. The lowest BCUT2D eigenvalue weighted by Crippen LogP contribution is -2.20. The van der Waals surface area contributed by atoms with Crippen LogP contribution in [-0.4, -0.2) is 18.8 Å². The minimum absolute atomic E-state index is 0.0566. The molecule has 8 heteroatoms. The van der Waals surface area contributed by atoms with Gasteiger partial charge in [-0.15, -0.1) is 0 Å². The average Bonchev–Trinajstić information content (AvgIpc) is 2.65. The van der Waals surface area contributed by atoms with Crippen molar-refractivity contribution in [2.24, 2.45) is 5.16 Å². The third-order valence-electron chi connectivity index (χ3n) is 3.50. The molecule has 144 valence electrons. The lowest BCUT2D eigenvalue weighted by atomic mass is 10.2. The molecule has 0 N–H and O–H groups in total. The molecule has 0 fully saturated rings. The number of alkyl halides is 3. The van der Waals surface area contributed by atoms with Crippen molar-refractivity contribution < 1.29 is 32.3 Å². The van der Waals surface area contributed by atoms with Gasteiger partial charge in [0.2, 0.25) is 0 Å². The van der Waals surface area contributed by atoms with E-state index in [1.165, 1.54) is 19.2 Å². The maximum absolute atomic E-state index is 12.8. The molecule has 2 aromatic rings. The number of hydrogen-bond donors (Lipinski definition) is 0. The number of para-hydroxylation sites is 1. The predicted molar refractivity (Wildman–Crippen MR) is 92.6 cm³/mol. The highest BCUT2D eigenvalue weighted by atomic mass is 19.4. The summed E-state index contributed by atoms with van der Waals surface area (Å²) in [6.07, 6.45) is -4.14. The first kappa shape index (κ1) is 20.3. The van der Waals surface area contributed by atoms with Crippen molar-refractivity contribution in [2.75, 3.05) is 7.11 Å². The summed E-state index contributed by atoms with van der Waals surface area (Å²) in [5.41, 5.74) is -0.203. The minimum Gasteiger partial charge on any atom is -0.489 e. The molecule has 0 heterocycles. The summed E-state index contributed by atoms with van der Waals surface area (Å²) in [5.74, 6) is -0.390. The summed E-state index contributed by atoms with van der Waals surface area (Å²) >= 11 is 0. The Bertz CT molecular complexity index is 819. The Labute approximate surface area is 154 Å². The number of benzene rings is 2. The van der Waals surface area contributed by atoms with Crippen LogP contribution in [0.4, 0.5) is 13.2 Å². The third kappa shape index (κ3) is 5.73. The van der Waals surface area contributed by atoms with Crippen LogP contribution >= 0.6 is 0 Å². The Morgan fingerprint density at radius 1 is 1.11 bits per heavy atom. The fourth-order valence-electron chi connectivity index (χ4n) is 2.16. The first-order valence-corrected chi connectivity index (χ1v) is 8.05. The van der Waals surface area contributed by atoms with Crippen molar-refractivity contribution in [2.45, 2.75) is 26.1 Å². The zero-order chi connectivity index (χ0) is 19.9. The summed E-state index contributed by atoms with van der Waals surface area (Å²) < 4.78 is 49.1. The zero-order valence-corrected chi connectivity index (χ0v) is 14.7. The number of ether oxygens (including phenoxy) is 2. The van der Waals surface area contributed by atoms with Crippen molar-refractivity contribution in [3.8, 4) is 11.5 Å². The number of nitrogens with zero attached hydrogens (tertiary/aromatic N) is 1. The molecule has 5 nitrogen and oxygen atoms in total. The Morgan fingerprint density at radius 2 is 1.85 bits per heavy atom. The van der Waals surface area contributed by atoms with Gasteiger partial charge in [-0.1, -0.05) is 36.3 Å². The highest BCUT2D eigenvalue weighted by molar-refractivity contribution is 6.36. The number of carbonyl (C=O) groups excluding carboxylic acids is 1. The van der Waals surface area contributed by atoms with E-state index in [9.17, 15) is 18.0 Å². The first-order chi connectivity index (χ1) is 12.8. The van der Waals surface area contributed by atoms with E-state index in [-0.39, 0.29) is 23.8 Å². The van der Waals surface area contributed by atoms with Gasteiger partial charge in [-0.05, 0) is 30.7 Å². The topological polar surface area (TPSA) is 57.1 Å². The molecule has 0 amide bonds. The molecule has 0 aliphatic carbocycles. The second-order valence-electron chi connectivity index (χ2n) is 5.39. The van der Waals surface area contributed by atoms with Crippen LogP contribution in [0.1, 0.15) is 24.5 Å². The summed E-state index contributed by atoms with van der Waals surface area (Å²) in [5, 5.41) is 3.60. The van der Waals surface area contributed by atoms with Crippen molar-refractivity contribution in [3.05, 3.63) is 59.7 Å². The SMILES string of the molecule is CCC(=NOC)C(=O)Oc1ccccc1COc1cccc(C(F)(F)F)c1. The number of carbonyl (C=O) groups is 1. The van der Waals surface area contributed by atoms with Gasteiger partial charge >= 0.3 is 12.1 Å². The van der Waals surface area contributed by atoms with Gasteiger partial charge in [-0.3, -0.25) is 0 Å². The van der Waals surface area contributed by atoms with Crippen LogP contribution in [0.2, 0.25) is 0 Å². The van der Waals surface area contributed by atoms with E-state index in [2.05, 4.69) is 9.99 Å². The van der Waals surface area contributed by atoms with Crippen LogP contribution < -0.4 is 9.47 Å². The fraction of sp³-hybridized carbons (Fsp3) is 0.263. The van der Waals surface area contributed by atoms with Crippen molar-refractivity contribution in [1.82, 2.24) is 0 Å². The van der Waals surface area contributed by atoms with Crippen molar-refractivity contribution in [3.63, 3.8) is 0 Å². The van der Waals surface area contributed by atoms with Gasteiger partial charge in [-0.25, -0.2) is 4.79 Å². The van der Waals surface area contributed by atoms with E-state index in [1.807, 2.05) is 0 Å². The average molecular weight is 381 g/mol. The van der Waals surface area contributed by atoms with Gasteiger partial charge in [0.25, 0.3) is 0 Å². The first-order valence-electron chi connectivity index (χ1n) is 8.05. The Hall–Kier alpha value is -3.03. The smallest absolute Gasteiger partial charge is 0.416 e.